The molecule has 2 rings (SSSR count). The van der Waals surface area contributed by atoms with E-state index in [0.717, 1.165) is 0 Å². The molecule has 0 spiro atoms. The summed E-state index contributed by atoms with van der Waals surface area (Å²) >= 11 is 11.2. The number of rotatable bonds is 8. The molecule has 180 valence electrons. The van der Waals surface area contributed by atoms with Gasteiger partial charge in [0.15, 0.2) is 17.3 Å². The lowest BCUT2D eigenvalue weighted by molar-refractivity contribution is 0.0990. The number of carbonyl (C=O) groups excluding carboxylic acids is 1. The first-order chi connectivity index (χ1) is 14.6. The van der Waals surface area contributed by atoms with Crippen molar-refractivity contribution < 1.29 is 22.8 Å². The van der Waals surface area contributed by atoms with Crippen LogP contribution >= 0.6 is 23.2 Å². The standard InChI is InChI=1S/C15H25ClO2Si.C6H5ClO2.C2H3N.FH/c1-11(2)19(12(3)4,13(5)6)18-15(10-16)14-8-7-9-17-14;7-4-5(8)6-2-1-3-9-6;1-2-3;/h7-13H,1-6H3;1-3H,4H2;1H3;1H/b15-10-;;;. The normalized spacial score (nSPS) is 11.0. The molecule has 9 heteroatoms. The lowest BCUT2D eigenvalue weighted by Gasteiger charge is -2.42. The van der Waals surface area contributed by atoms with E-state index in [1.165, 1.54) is 18.7 Å². The number of hydrogen-bond donors (Lipinski definition) is 0. The van der Waals surface area contributed by atoms with Gasteiger partial charge in [0.25, 0.3) is 8.32 Å². The Morgan fingerprint density at radius 1 is 1.06 bits per heavy atom. The van der Waals surface area contributed by atoms with Crippen molar-refractivity contribution >= 4 is 43.1 Å². The van der Waals surface area contributed by atoms with Crippen molar-refractivity contribution in [3.05, 3.63) is 53.8 Å². The molecular formula is C23H34Cl2FNO4Si. The topological polar surface area (TPSA) is 76.4 Å². The van der Waals surface area contributed by atoms with Gasteiger partial charge in [-0.2, -0.15) is 5.26 Å². The van der Waals surface area contributed by atoms with E-state index in [2.05, 4.69) is 41.5 Å². The minimum atomic E-state index is -1.98. The van der Waals surface area contributed by atoms with Gasteiger partial charge in [-0.25, -0.2) is 0 Å². The molecule has 0 saturated heterocycles. The van der Waals surface area contributed by atoms with Crippen molar-refractivity contribution in [2.75, 3.05) is 5.88 Å². The molecule has 5 nitrogen and oxygen atoms in total. The number of Topliss-reactive ketones (excluding diaryl/α,β-unsaturated/α-hetero) is 1. The highest BCUT2D eigenvalue weighted by Gasteiger charge is 2.47. The fourth-order valence-electron chi connectivity index (χ4n) is 3.59. The molecule has 0 saturated carbocycles. The van der Waals surface area contributed by atoms with Crippen LogP contribution in [0.15, 0.2) is 51.2 Å². The van der Waals surface area contributed by atoms with Crippen molar-refractivity contribution in [3.63, 3.8) is 0 Å². The molecule has 2 aromatic rings. The van der Waals surface area contributed by atoms with E-state index in [0.29, 0.717) is 33.9 Å². The van der Waals surface area contributed by atoms with Gasteiger partial charge in [0.2, 0.25) is 5.78 Å². The Labute approximate surface area is 201 Å². The average Bonchev–Trinajstić information content (AvgIpc) is 3.43. The summed E-state index contributed by atoms with van der Waals surface area (Å²) in [6.07, 6.45) is 3.09. The van der Waals surface area contributed by atoms with Crippen LogP contribution in [0.5, 0.6) is 0 Å². The maximum Gasteiger partial charge on any atom is 0.258 e. The smallest absolute Gasteiger partial charge is 0.258 e. The average molecular weight is 507 g/mol. The van der Waals surface area contributed by atoms with E-state index in [9.17, 15) is 4.79 Å². The Balaban J connectivity index is 0. The molecule has 0 bridgehead atoms. The van der Waals surface area contributed by atoms with Gasteiger partial charge in [0.1, 0.15) is 0 Å². The number of alkyl halides is 1. The summed E-state index contributed by atoms with van der Waals surface area (Å²) in [6, 6.07) is 8.72. The van der Waals surface area contributed by atoms with Gasteiger partial charge < -0.3 is 13.3 Å². The molecular weight excluding hydrogens is 472 g/mol. The van der Waals surface area contributed by atoms with Gasteiger partial charge in [-0.3, -0.25) is 9.50 Å². The Morgan fingerprint density at radius 2 is 1.47 bits per heavy atom. The molecule has 0 atom stereocenters. The van der Waals surface area contributed by atoms with Crippen molar-refractivity contribution in [2.24, 2.45) is 0 Å². The number of halogens is 3. The second-order valence-corrected chi connectivity index (χ2v) is 13.5. The fraction of sp³-hybridized carbons (Fsp3) is 0.478. The van der Waals surface area contributed by atoms with Crippen LogP contribution in [0.1, 0.15) is 64.8 Å². The van der Waals surface area contributed by atoms with Crippen molar-refractivity contribution in [1.82, 2.24) is 0 Å². The van der Waals surface area contributed by atoms with Crippen LogP contribution in [0.3, 0.4) is 0 Å². The van der Waals surface area contributed by atoms with Gasteiger partial charge in [-0.1, -0.05) is 53.1 Å². The molecule has 0 amide bonds. The third-order valence-electron chi connectivity index (χ3n) is 4.77. The lowest BCUT2D eigenvalue weighted by Crippen LogP contribution is -2.47. The quantitative estimate of drug-likeness (QED) is 0.156. The van der Waals surface area contributed by atoms with Crippen LogP contribution < -0.4 is 0 Å². The monoisotopic (exact) mass is 505 g/mol. The first-order valence-corrected chi connectivity index (χ1v) is 13.2. The zero-order valence-corrected chi connectivity index (χ0v) is 22.2. The van der Waals surface area contributed by atoms with Gasteiger partial charge in [0.05, 0.1) is 24.5 Å². The van der Waals surface area contributed by atoms with Gasteiger partial charge in [-0.15, -0.1) is 11.6 Å². The highest BCUT2D eigenvalue weighted by atomic mass is 35.5. The zero-order valence-electron chi connectivity index (χ0n) is 19.7. The van der Waals surface area contributed by atoms with Crippen LogP contribution in [0, 0.1) is 11.3 Å². The van der Waals surface area contributed by atoms with Crippen LogP contribution in [0.2, 0.25) is 16.6 Å². The third kappa shape index (κ3) is 9.23. The Bertz CT molecular complexity index is 792. The number of furan rings is 2. The van der Waals surface area contributed by atoms with Gasteiger partial charge in [0, 0.05) is 12.5 Å². The number of hydrogen-bond acceptors (Lipinski definition) is 5. The summed E-state index contributed by atoms with van der Waals surface area (Å²) in [4.78, 5) is 10.6. The molecule has 2 aromatic heterocycles. The summed E-state index contributed by atoms with van der Waals surface area (Å²) in [7, 11) is -1.98. The first-order valence-electron chi connectivity index (χ1n) is 10.1. The molecule has 0 fully saturated rings. The van der Waals surface area contributed by atoms with Crippen LogP contribution in [0.25, 0.3) is 5.76 Å². The maximum atomic E-state index is 10.6. The highest BCUT2D eigenvalue weighted by molar-refractivity contribution is 6.78. The third-order valence-corrected chi connectivity index (χ3v) is 11.2. The Morgan fingerprint density at radius 3 is 1.75 bits per heavy atom. The van der Waals surface area contributed by atoms with Gasteiger partial charge >= 0.3 is 0 Å². The summed E-state index contributed by atoms with van der Waals surface area (Å²) in [5, 5.41) is 7.32. The first kappa shape index (κ1) is 32.2. The summed E-state index contributed by atoms with van der Waals surface area (Å²) in [5.41, 5.74) is 3.02. The van der Waals surface area contributed by atoms with Crippen molar-refractivity contribution in [1.29, 1.82) is 5.26 Å². The minimum Gasteiger partial charge on any atom is -0.540 e. The van der Waals surface area contributed by atoms with E-state index >= 15 is 0 Å². The van der Waals surface area contributed by atoms with Crippen molar-refractivity contribution in [2.45, 2.75) is 65.1 Å². The van der Waals surface area contributed by atoms with Crippen LogP contribution in [-0.2, 0) is 4.43 Å². The lowest BCUT2D eigenvalue weighted by atomic mass is 10.3. The molecule has 0 unspecified atom stereocenters. The fourth-order valence-corrected chi connectivity index (χ4v) is 9.20. The molecule has 0 aliphatic rings. The zero-order chi connectivity index (χ0) is 24.0. The summed E-state index contributed by atoms with van der Waals surface area (Å²) < 4.78 is 16.7. The van der Waals surface area contributed by atoms with E-state index in [4.69, 9.17) is 41.7 Å². The predicted molar refractivity (Wildman–Crippen MR) is 132 cm³/mol. The molecule has 0 aliphatic heterocycles. The number of nitriles is 1. The molecule has 0 aliphatic carbocycles. The summed E-state index contributed by atoms with van der Waals surface area (Å²) in [6.45, 7) is 14.9. The predicted octanol–water partition coefficient (Wildman–Crippen LogP) is 8.39. The van der Waals surface area contributed by atoms with Gasteiger partial charge in [-0.05, 0) is 40.9 Å². The van der Waals surface area contributed by atoms with E-state index < -0.39 is 8.32 Å². The SMILES string of the molecule is CC#N.CC(C)[Si](O/C(=C\Cl)c1ccco1)(C(C)C)C(C)C.F.O=C(CCl)c1ccco1. The largest absolute Gasteiger partial charge is 0.540 e. The number of ketones is 1. The Hall–Kier alpha value is -2.01. The highest BCUT2D eigenvalue weighted by Crippen LogP contribution is 2.45. The molecule has 2 heterocycles. The van der Waals surface area contributed by atoms with Crippen LogP contribution in [-0.4, -0.2) is 20.0 Å². The van der Waals surface area contributed by atoms with E-state index in [-0.39, 0.29) is 16.4 Å². The molecule has 32 heavy (non-hydrogen) atoms. The summed E-state index contributed by atoms with van der Waals surface area (Å²) in [5.74, 6) is 1.49. The minimum absolute atomic E-state index is 0. The maximum absolute atomic E-state index is 10.6. The molecule has 0 radical (unpaired) electrons. The van der Waals surface area contributed by atoms with Crippen LogP contribution in [0.4, 0.5) is 4.70 Å². The van der Waals surface area contributed by atoms with Crippen molar-refractivity contribution in [3.8, 4) is 6.07 Å². The van der Waals surface area contributed by atoms with E-state index in [1.807, 2.05) is 12.1 Å². The number of carbonyl (C=O) groups is 1. The number of nitrogens with zero attached hydrogens (tertiary/aromatic N) is 1. The van der Waals surface area contributed by atoms with E-state index in [1.54, 1.807) is 24.5 Å². The Kier molecular flexibility index (Phi) is 16.7. The second kappa shape index (κ2) is 16.6. The second-order valence-electron chi connectivity index (χ2n) is 7.63. The molecule has 0 N–H and O–H groups in total. The molecule has 0 aromatic carbocycles.